The standard InChI is InChI=1S/C16H20ClNO3/c1-11-10-12(6-7-13(11)17)14(19)18-16(15(20)21)8-4-2-3-5-9-16/h6-7,10H,2-5,8-9H2,1H3,(H,18,19)(H,20,21). The van der Waals surface area contributed by atoms with Crippen LogP contribution in [0.3, 0.4) is 0 Å². The topological polar surface area (TPSA) is 66.4 Å². The highest BCUT2D eigenvalue weighted by atomic mass is 35.5. The zero-order valence-corrected chi connectivity index (χ0v) is 12.9. The Morgan fingerprint density at radius 3 is 2.33 bits per heavy atom. The molecule has 0 heterocycles. The minimum absolute atomic E-state index is 0.348. The Morgan fingerprint density at radius 2 is 1.81 bits per heavy atom. The highest BCUT2D eigenvalue weighted by Gasteiger charge is 2.40. The van der Waals surface area contributed by atoms with Crippen LogP contribution in [0.25, 0.3) is 0 Å². The number of hydrogen-bond acceptors (Lipinski definition) is 2. The molecular formula is C16H20ClNO3. The molecule has 2 rings (SSSR count). The minimum Gasteiger partial charge on any atom is -0.480 e. The number of halogens is 1. The van der Waals surface area contributed by atoms with E-state index in [1.165, 1.54) is 0 Å². The molecule has 0 saturated heterocycles. The molecule has 0 aliphatic heterocycles. The van der Waals surface area contributed by atoms with Crippen LogP contribution in [0.15, 0.2) is 18.2 Å². The summed E-state index contributed by atoms with van der Waals surface area (Å²) in [5.41, 5.74) is 0.109. The zero-order chi connectivity index (χ0) is 15.5. The number of carbonyl (C=O) groups is 2. The van der Waals surface area contributed by atoms with Gasteiger partial charge in [0.25, 0.3) is 5.91 Å². The molecule has 2 N–H and O–H groups in total. The molecule has 1 saturated carbocycles. The fourth-order valence-corrected chi connectivity index (χ4v) is 2.92. The highest BCUT2D eigenvalue weighted by Crippen LogP contribution is 2.28. The van der Waals surface area contributed by atoms with Crippen LogP contribution < -0.4 is 5.32 Å². The molecular weight excluding hydrogens is 290 g/mol. The van der Waals surface area contributed by atoms with E-state index in [9.17, 15) is 14.7 Å². The van der Waals surface area contributed by atoms with E-state index >= 15 is 0 Å². The van der Waals surface area contributed by atoms with Crippen molar-refractivity contribution in [2.45, 2.75) is 51.0 Å². The average molecular weight is 310 g/mol. The lowest BCUT2D eigenvalue weighted by atomic mass is 9.89. The summed E-state index contributed by atoms with van der Waals surface area (Å²) in [6, 6.07) is 4.97. The number of nitrogens with one attached hydrogen (secondary N) is 1. The molecule has 1 aliphatic carbocycles. The van der Waals surface area contributed by atoms with Crippen LogP contribution in [-0.4, -0.2) is 22.5 Å². The molecule has 0 atom stereocenters. The lowest BCUT2D eigenvalue weighted by molar-refractivity contribution is -0.145. The first-order chi connectivity index (χ1) is 9.94. The van der Waals surface area contributed by atoms with Gasteiger partial charge in [-0.25, -0.2) is 4.79 Å². The van der Waals surface area contributed by atoms with Crippen LogP contribution in [0, 0.1) is 6.92 Å². The van der Waals surface area contributed by atoms with E-state index in [-0.39, 0.29) is 5.91 Å². The number of aliphatic carboxylic acids is 1. The van der Waals surface area contributed by atoms with Crippen molar-refractivity contribution in [2.75, 3.05) is 0 Å². The molecule has 0 bridgehead atoms. The van der Waals surface area contributed by atoms with E-state index in [0.29, 0.717) is 23.4 Å². The smallest absolute Gasteiger partial charge is 0.329 e. The van der Waals surface area contributed by atoms with Crippen molar-refractivity contribution < 1.29 is 14.7 Å². The molecule has 0 spiro atoms. The predicted molar refractivity (Wildman–Crippen MR) is 81.7 cm³/mol. The molecule has 1 fully saturated rings. The Morgan fingerprint density at radius 1 is 1.19 bits per heavy atom. The van der Waals surface area contributed by atoms with Gasteiger partial charge in [-0.15, -0.1) is 0 Å². The summed E-state index contributed by atoms with van der Waals surface area (Å²) < 4.78 is 0. The number of rotatable bonds is 3. The Hall–Kier alpha value is -1.55. The Bertz CT molecular complexity index is 548. The fraction of sp³-hybridized carbons (Fsp3) is 0.500. The van der Waals surface area contributed by atoms with Crippen molar-refractivity contribution in [1.82, 2.24) is 5.32 Å². The van der Waals surface area contributed by atoms with Crippen molar-refractivity contribution >= 4 is 23.5 Å². The quantitative estimate of drug-likeness (QED) is 0.839. The van der Waals surface area contributed by atoms with E-state index in [4.69, 9.17) is 11.6 Å². The Labute approximate surface area is 129 Å². The van der Waals surface area contributed by atoms with Gasteiger partial charge in [-0.05, 0) is 43.5 Å². The summed E-state index contributed by atoms with van der Waals surface area (Å²) in [4.78, 5) is 24.1. The zero-order valence-electron chi connectivity index (χ0n) is 12.1. The molecule has 0 aromatic heterocycles. The summed E-state index contributed by atoms with van der Waals surface area (Å²) >= 11 is 5.95. The number of hydrogen-bond donors (Lipinski definition) is 2. The van der Waals surface area contributed by atoms with Gasteiger partial charge in [0.15, 0.2) is 0 Å². The third kappa shape index (κ3) is 3.56. The van der Waals surface area contributed by atoms with Crippen LogP contribution in [0.1, 0.15) is 54.4 Å². The highest BCUT2D eigenvalue weighted by molar-refractivity contribution is 6.31. The van der Waals surface area contributed by atoms with Gasteiger partial charge in [0.2, 0.25) is 0 Å². The number of carboxylic acids is 1. The first kappa shape index (κ1) is 15.8. The van der Waals surface area contributed by atoms with Gasteiger partial charge in [-0.2, -0.15) is 0 Å². The molecule has 1 aromatic rings. The largest absolute Gasteiger partial charge is 0.480 e. The second-order valence-corrected chi connectivity index (χ2v) is 6.13. The van der Waals surface area contributed by atoms with E-state index in [1.54, 1.807) is 18.2 Å². The predicted octanol–water partition coefficient (Wildman–Crippen LogP) is 3.56. The third-order valence-corrected chi connectivity index (χ3v) is 4.56. The first-order valence-corrected chi connectivity index (χ1v) is 7.64. The molecule has 5 heteroatoms. The van der Waals surface area contributed by atoms with Gasteiger partial charge < -0.3 is 10.4 Å². The van der Waals surface area contributed by atoms with Crippen LogP contribution in [-0.2, 0) is 4.79 Å². The molecule has 0 radical (unpaired) electrons. The molecule has 1 aliphatic rings. The van der Waals surface area contributed by atoms with Crippen molar-refractivity contribution in [2.24, 2.45) is 0 Å². The molecule has 21 heavy (non-hydrogen) atoms. The molecule has 0 unspecified atom stereocenters. The van der Waals surface area contributed by atoms with Gasteiger partial charge in [0, 0.05) is 10.6 Å². The number of benzene rings is 1. The number of carbonyl (C=O) groups excluding carboxylic acids is 1. The van der Waals surface area contributed by atoms with Gasteiger partial charge in [-0.3, -0.25) is 4.79 Å². The summed E-state index contributed by atoms with van der Waals surface area (Å²) in [5, 5.41) is 12.9. The van der Waals surface area contributed by atoms with Gasteiger partial charge in [-0.1, -0.05) is 37.3 Å². The van der Waals surface area contributed by atoms with E-state index in [2.05, 4.69) is 5.32 Å². The van der Waals surface area contributed by atoms with E-state index in [0.717, 1.165) is 31.2 Å². The molecule has 1 aromatic carbocycles. The van der Waals surface area contributed by atoms with Crippen molar-refractivity contribution in [3.05, 3.63) is 34.3 Å². The fourth-order valence-electron chi connectivity index (χ4n) is 2.80. The van der Waals surface area contributed by atoms with Gasteiger partial charge in [0.05, 0.1) is 0 Å². The van der Waals surface area contributed by atoms with Gasteiger partial charge >= 0.3 is 5.97 Å². The number of aryl methyl sites for hydroxylation is 1. The van der Waals surface area contributed by atoms with E-state index in [1.807, 2.05) is 6.92 Å². The molecule has 1 amide bonds. The monoisotopic (exact) mass is 309 g/mol. The Balaban J connectivity index is 2.21. The normalized spacial score (nSPS) is 17.8. The summed E-state index contributed by atoms with van der Waals surface area (Å²) in [5.74, 6) is -1.29. The average Bonchev–Trinajstić information content (AvgIpc) is 2.68. The second kappa shape index (κ2) is 6.48. The molecule has 114 valence electrons. The maximum atomic E-state index is 12.4. The first-order valence-electron chi connectivity index (χ1n) is 7.27. The van der Waals surface area contributed by atoms with Crippen molar-refractivity contribution in [1.29, 1.82) is 0 Å². The number of carboxylic acid groups (broad SMARTS) is 1. The van der Waals surface area contributed by atoms with Crippen molar-refractivity contribution in [3.8, 4) is 0 Å². The molecule has 4 nitrogen and oxygen atoms in total. The second-order valence-electron chi connectivity index (χ2n) is 5.72. The maximum absolute atomic E-state index is 12.4. The number of amides is 1. The third-order valence-electron chi connectivity index (χ3n) is 4.14. The van der Waals surface area contributed by atoms with Crippen LogP contribution >= 0.6 is 11.6 Å². The van der Waals surface area contributed by atoms with Crippen LogP contribution in [0.2, 0.25) is 5.02 Å². The lowest BCUT2D eigenvalue weighted by Gasteiger charge is -2.29. The van der Waals surface area contributed by atoms with E-state index < -0.39 is 11.5 Å². The van der Waals surface area contributed by atoms with Gasteiger partial charge in [0.1, 0.15) is 5.54 Å². The van der Waals surface area contributed by atoms with Crippen LogP contribution in [0.5, 0.6) is 0 Å². The van der Waals surface area contributed by atoms with Crippen molar-refractivity contribution in [3.63, 3.8) is 0 Å². The Kier molecular flexibility index (Phi) is 4.88. The minimum atomic E-state index is -1.14. The van der Waals surface area contributed by atoms with Crippen LogP contribution in [0.4, 0.5) is 0 Å². The lowest BCUT2D eigenvalue weighted by Crippen LogP contribution is -2.54. The summed E-state index contributed by atoms with van der Waals surface area (Å²) in [6.45, 7) is 1.82. The summed E-state index contributed by atoms with van der Waals surface area (Å²) in [7, 11) is 0. The maximum Gasteiger partial charge on any atom is 0.329 e. The summed E-state index contributed by atoms with van der Waals surface area (Å²) in [6.07, 6.45) is 4.66. The SMILES string of the molecule is Cc1cc(C(=O)NC2(C(=O)O)CCCCCC2)ccc1Cl.